The Morgan fingerprint density at radius 1 is 1.50 bits per heavy atom. The molecule has 0 bridgehead atoms. The van der Waals surface area contributed by atoms with Crippen molar-refractivity contribution in [3.8, 4) is 0 Å². The average molecular weight is 169 g/mol. The highest BCUT2D eigenvalue weighted by Gasteiger charge is 2.00. The second-order valence-electron chi connectivity index (χ2n) is 3.54. The lowest BCUT2D eigenvalue weighted by atomic mass is 10.0. The molecule has 0 unspecified atom stereocenters. The number of aliphatic carboxylic acids is 1. The van der Waals surface area contributed by atoms with Gasteiger partial charge in [0.05, 0.1) is 0 Å². The first-order chi connectivity index (χ1) is 5.52. The molecule has 2 heteroatoms. The molecule has 0 N–H and O–H groups in total. The van der Waals surface area contributed by atoms with E-state index < -0.39 is 5.97 Å². The Balaban J connectivity index is 3.50. The lowest BCUT2D eigenvalue weighted by Crippen LogP contribution is -2.24. The van der Waals surface area contributed by atoms with E-state index >= 15 is 0 Å². The van der Waals surface area contributed by atoms with Crippen LogP contribution in [0, 0.1) is 5.92 Å². The summed E-state index contributed by atoms with van der Waals surface area (Å²) in [5.74, 6) is -0.717. The second kappa shape index (κ2) is 5.81. The van der Waals surface area contributed by atoms with E-state index in [1.807, 2.05) is 20.8 Å². The minimum Gasteiger partial charge on any atom is -0.550 e. The fourth-order valence-corrected chi connectivity index (χ4v) is 1.04. The normalized spacial score (nSPS) is 12.2. The molecule has 0 aromatic carbocycles. The first-order valence-electron chi connectivity index (χ1n) is 4.35. The van der Waals surface area contributed by atoms with Crippen molar-refractivity contribution in [3.05, 3.63) is 11.6 Å². The number of carboxylic acids is 1. The third-order valence-corrected chi connectivity index (χ3v) is 1.73. The van der Waals surface area contributed by atoms with E-state index in [4.69, 9.17) is 0 Å². The molecule has 0 aliphatic carbocycles. The van der Waals surface area contributed by atoms with E-state index in [1.165, 1.54) is 5.57 Å². The van der Waals surface area contributed by atoms with Gasteiger partial charge in [0.25, 0.3) is 0 Å². The van der Waals surface area contributed by atoms with Crippen molar-refractivity contribution >= 4 is 5.97 Å². The second-order valence-corrected chi connectivity index (χ2v) is 3.54. The van der Waals surface area contributed by atoms with Crippen LogP contribution in [0.3, 0.4) is 0 Å². The first-order valence-corrected chi connectivity index (χ1v) is 4.35. The minimum atomic E-state index is -0.945. The Bertz CT molecular complexity index is 167. The molecule has 1 atom stereocenters. The monoisotopic (exact) mass is 169 g/mol. The summed E-state index contributed by atoms with van der Waals surface area (Å²) in [5, 5.41) is 10.2. The molecule has 2 nitrogen and oxygen atoms in total. The molecule has 0 aromatic heterocycles. The predicted octanol–water partition coefficient (Wildman–Crippen LogP) is 1.51. The molecule has 0 aromatic rings. The van der Waals surface area contributed by atoms with Crippen LogP contribution in [0.5, 0.6) is 0 Å². The van der Waals surface area contributed by atoms with E-state index in [2.05, 4.69) is 6.08 Å². The van der Waals surface area contributed by atoms with Crippen molar-refractivity contribution in [2.45, 2.75) is 40.0 Å². The summed E-state index contributed by atoms with van der Waals surface area (Å²) >= 11 is 0. The van der Waals surface area contributed by atoms with Gasteiger partial charge in [0.1, 0.15) is 0 Å². The van der Waals surface area contributed by atoms with Crippen LogP contribution in [0.1, 0.15) is 40.0 Å². The Morgan fingerprint density at radius 3 is 2.50 bits per heavy atom. The highest BCUT2D eigenvalue weighted by molar-refractivity contribution is 5.64. The Labute approximate surface area is 74.3 Å². The Kier molecular flexibility index (Phi) is 5.43. The molecular weight excluding hydrogens is 152 g/mol. The van der Waals surface area contributed by atoms with Gasteiger partial charge in [0.2, 0.25) is 0 Å². The van der Waals surface area contributed by atoms with E-state index in [0.717, 1.165) is 12.8 Å². The van der Waals surface area contributed by atoms with E-state index in [9.17, 15) is 9.90 Å². The van der Waals surface area contributed by atoms with Crippen LogP contribution in [-0.2, 0) is 4.79 Å². The van der Waals surface area contributed by atoms with Crippen molar-refractivity contribution in [3.63, 3.8) is 0 Å². The number of allylic oxidation sites excluding steroid dienone is 2. The maximum Gasteiger partial charge on any atom is 0.0416 e. The van der Waals surface area contributed by atoms with Crippen LogP contribution in [0.2, 0.25) is 0 Å². The van der Waals surface area contributed by atoms with Crippen molar-refractivity contribution in [1.82, 2.24) is 0 Å². The molecule has 0 amide bonds. The molecule has 0 saturated carbocycles. The number of carboxylic acid groups (broad SMARTS) is 1. The van der Waals surface area contributed by atoms with Gasteiger partial charge in [-0.2, -0.15) is 0 Å². The molecule has 0 rings (SSSR count). The molecule has 12 heavy (non-hydrogen) atoms. The molecule has 0 aliphatic rings. The van der Waals surface area contributed by atoms with Crippen LogP contribution in [0.25, 0.3) is 0 Å². The lowest BCUT2D eigenvalue weighted by molar-refractivity contribution is -0.306. The molecule has 0 aliphatic heterocycles. The van der Waals surface area contributed by atoms with Crippen molar-refractivity contribution in [2.24, 2.45) is 5.92 Å². The Hall–Kier alpha value is -0.790. The minimum absolute atomic E-state index is 0.177. The molecule has 0 fully saturated rings. The highest BCUT2D eigenvalue weighted by atomic mass is 16.4. The smallest absolute Gasteiger partial charge is 0.0416 e. The zero-order valence-electron chi connectivity index (χ0n) is 8.09. The third kappa shape index (κ3) is 7.32. The van der Waals surface area contributed by atoms with Crippen molar-refractivity contribution in [1.29, 1.82) is 0 Å². The summed E-state index contributed by atoms with van der Waals surface area (Å²) in [4.78, 5) is 10.2. The van der Waals surface area contributed by atoms with Gasteiger partial charge >= 0.3 is 0 Å². The van der Waals surface area contributed by atoms with Crippen LogP contribution in [0.15, 0.2) is 11.6 Å². The number of carbonyl (C=O) groups excluding carboxylic acids is 1. The number of rotatable bonds is 5. The maximum atomic E-state index is 10.2. The standard InChI is InChI=1S/C10H18O2/c1-8(2)5-4-6-9(3)7-10(11)12/h5,9H,4,6-7H2,1-3H3,(H,11,12)/p-1/t9-/m1/s1. The highest BCUT2D eigenvalue weighted by Crippen LogP contribution is 2.10. The van der Waals surface area contributed by atoms with Crippen LogP contribution >= 0.6 is 0 Å². The first kappa shape index (κ1) is 11.2. The summed E-state index contributed by atoms with van der Waals surface area (Å²) in [7, 11) is 0. The molecule has 70 valence electrons. The summed E-state index contributed by atoms with van der Waals surface area (Å²) in [6.45, 7) is 6.03. The number of carbonyl (C=O) groups is 1. The zero-order chi connectivity index (χ0) is 9.56. The maximum absolute atomic E-state index is 10.2. The van der Waals surface area contributed by atoms with Crippen LogP contribution in [-0.4, -0.2) is 5.97 Å². The van der Waals surface area contributed by atoms with Gasteiger partial charge in [0.15, 0.2) is 0 Å². The summed E-state index contributed by atoms with van der Waals surface area (Å²) in [6.07, 6.45) is 4.21. The van der Waals surface area contributed by atoms with E-state index in [1.54, 1.807) is 0 Å². The fraction of sp³-hybridized carbons (Fsp3) is 0.700. The number of hydrogen-bond acceptors (Lipinski definition) is 2. The van der Waals surface area contributed by atoms with Crippen LogP contribution in [0.4, 0.5) is 0 Å². The van der Waals surface area contributed by atoms with Crippen molar-refractivity contribution in [2.75, 3.05) is 0 Å². The van der Waals surface area contributed by atoms with Crippen LogP contribution < -0.4 is 5.11 Å². The van der Waals surface area contributed by atoms with Gasteiger partial charge in [-0.25, -0.2) is 0 Å². The fourth-order valence-electron chi connectivity index (χ4n) is 1.04. The zero-order valence-corrected chi connectivity index (χ0v) is 8.09. The van der Waals surface area contributed by atoms with Gasteiger partial charge in [-0.05, 0) is 39.0 Å². The van der Waals surface area contributed by atoms with Crippen molar-refractivity contribution < 1.29 is 9.90 Å². The summed E-state index contributed by atoms with van der Waals surface area (Å²) in [6, 6.07) is 0. The quantitative estimate of drug-likeness (QED) is 0.585. The lowest BCUT2D eigenvalue weighted by Gasteiger charge is -2.09. The van der Waals surface area contributed by atoms with E-state index in [0.29, 0.717) is 0 Å². The SMILES string of the molecule is CC(C)=CCC[C@@H](C)CC(=O)[O-]. The molecule has 0 heterocycles. The summed E-state index contributed by atoms with van der Waals surface area (Å²) in [5.41, 5.74) is 1.29. The predicted molar refractivity (Wildman–Crippen MR) is 47.5 cm³/mol. The van der Waals surface area contributed by atoms with E-state index in [-0.39, 0.29) is 12.3 Å². The molecular formula is C10H17O2-. The third-order valence-electron chi connectivity index (χ3n) is 1.73. The van der Waals surface area contributed by atoms with Gasteiger partial charge < -0.3 is 9.90 Å². The van der Waals surface area contributed by atoms with Gasteiger partial charge in [-0.15, -0.1) is 0 Å². The summed E-state index contributed by atoms with van der Waals surface area (Å²) < 4.78 is 0. The molecule has 0 radical (unpaired) electrons. The largest absolute Gasteiger partial charge is 0.550 e. The van der Waals surface area contributed by atoms with Gasteiger partial charge in [-0.3, -0.25) is 0 Å². The number of hydrogen-bond donors (Lipinski definition) is 0. The molecule has 0 saturated heterocycles. The molecule has 0 spiro atoms. The topological polar surface area (TPSA) is 40.1 Å². The average Bonchev–Trinajstić information content (AvgIpc) is 1.84. The van der Waals surface area contributed by atoms with Gasteiger partial charge in [-0.1, -0.05) is 18.6 Å². The van der Waals surface area contributed by atoms with Gasteiger partial charge in [0, 0.05) is 5.97 Å². The Morgan fingerprint density at radius 2 is 2.08 bits per heavy atom.